The van der Waals surface area contributed by atoms with E-state index in [1.165, 1.54) is 0 Å². The highest BCUT2D eigenvalue weighted by Crippen LogP contribution is 2.27. The normalized spacial score (nSPS) is 11.8. The third kappa shape index (κ3) is 4.54. The van der Waals surface area contributed by atoms with Gasteiger partial charge in [0, 0.05) is 34.8 Å². The Balaban J connectivity index is 1.63. The van der Waals surface area contributed by atoms with E-state index in [-0.39, 0.29) is 17.9 Å². The third-order valence-electron chi connectivity index (χ3n) is 3.75. The molecule has 0 bridgehead atoms. The standard InChI is InChI=1S/C18H19N5OS/c19-18(20)23-15(16-2-1-9-25-16)5-6-17(24)22-14-4-3-13-11-21-8-7-12(13)10-14/h1-4,7-11,15H,5-6H2,(H,22,24)(H4,19,20,23). The number of hydrogen-bond acceptors (Lipinski definition) is 4. The zero-order valence-corrected chi connectivity index (χ0v) is 14.4. The number of benzene rings is 1. The molecule has 1 amide bonds. The molecule has 0 radical (unpaired) electrons. The van der Waals surface area contributed by atoms with E-state index in [4.69, 9.17) is 11.5 Å². The highest BCUT2D eigenvalue weighted by atomic mass is 32.1. The molecule has 5 N–H and O–H groups in total. The first kappa shape index (κ1) is 16.9. The summed E-state index contributed by atoms with van der Waals surface area (Å²) in [7, 11) is 0. The molecule has 0 aliphatic carbocycles. The average Bonchev–Trinajstić information content (AvgIpc) is 3.12. The Labute approximate surface area is 149 Å². The Morgan fingerprint density at radius 3 is 2.88 bits per heavy atom. The van der Waals surface area contributed by atoms with Crippen molar-refractivity contribution in [3.05, 3.63) is 59.0 Å². The summed E-state index contributed by atoms with van der Waals surface area (Å²) in [5, 5.41) is 6.95. The van der Waals surface area contributed by atoms with Crippen LogP contribution in [0.5, 0.6) is 0 Å². The van der Waals surface area contributed by atoms with Crippen molar-refractivity contribution in [3.63, 3.8) is 0 Å². The zero-order valence-electron chi connectivity index (χ0n) is 13.6. The van der Waals surface area contributed by atoms with E-state index < -0.39 is 0 Å². The van der Waals surface area contributed by atoms with Gasteiger partial charge in [-0.05, 0) is 41.5 Å². The van der Waals surface area contributed by atoms with E-state index in [1.807, 2.05) is 41.8 Å². The third-order valence-corrected chi connectivity index (χ3v) is 4.72. The average molecular weight is 353 g/mol. The van der Waals surface area contributed by atoms with Crippen molar-refractivity contribution in [2.24, 2.45) is 16.5 Å². The number of nitrogens with zero attached hydrogens (tertiary/aromatic N) is 2. The summed E-state index contributed by atoms with van der Waals surface area (Å²) >= 11 is 1.57. The van der Waals surface area contributed by atoms with Crippen molar-refractivity contribution >= 4 is 39.7 Å². The van der Waals surface area contributed by atoms with Crippen LogP contribution in [0.1, 0.15) is 23.8 Å². The molecule has 2 heterocycles. The smallest absolute Gasteiger partial charge is 0.224 e. The van der Waals surface area contributed by atoms with Gasteiger partial charge in [0.15, 0.2) is 5.96 Å². The molecule has 6 nitrogen and oxygen atoms in total. The first-order valence-electron chi connectivity index (χ1n) is 7.87. The van der Waals surface area contributed by atoms with Gasteiger partial charge in [-0.1, -0.05) is 12.1 Å². The molecule has 1 aromatic carbocycles. The fourth-order valence-electron chi connectivity index (χ4n) is 2.58. The second-order valence-corrected chi connectivity index (χ2v) is 6.59. The summed E-state index contributed by atoms with van der Waals surface area (Å²) in [6.07, 6.45) is 4.39. The second kappa shape index (κ2) is 7.76. The largest absolute Gasteiger partial charge is 0.370 e. The number of thiophene rings is 1. The van der Waals surface area contributed by atoms with Crippen LogP contribution in [0.2, 0.25) is 0 Å². The molecule has 1 atom stereocenters. The van der Waals surface area contributed by atoms with Crippen molar-refractivity contribution in [2.45, 2.75) is 18.9 Å². The summed E-state index contributed by atoms with van der Waals surface area (Å²) in [6, 6.07) is 11.4. The number of anilines is 1. The van der Waals surface area contributed by atoms with E-state index >= 15 is 0 Å². The van der Waals surface area contributed by atoms with Gasteiger partial charge in [-0.3, -0.25) is 9.78 Å². The number of pyridine rings is 1. The predicted molar refractivity (Wildman–Crippen MR) is 102 cm³/mol. The molecule has 25 heavy (non-hydrogen) atoms. The van der Waals surface area contributed by atoms with Crippen LogP contribution in [-0.2, 0) is 4.79 Å². The van der Waals surface area contributed by atoms with Crippen LogP contribution in [0, 0.1) is 0 Å². The summed E-state index contributed by atoms with van der Waals surface area (Å²) < 4.78 is 0. The number of carbonyl (C=O) groups is 1. The molecule has 2 aromatic heterocycles. The van der Waals surface area contributed by atoms with Gasteiger partial charge < -0.3 is 16.8 Å². The SMILES string of the molecule is NC(N)=NC(CCC(=O)Nc1ccc2cnccc2c1)c1cccs1. The molecule has 3 rings (SSSR count). The molecule has 3 aromatic rings. The molecular formula is C18H19N5OS. The molecule has 0 saturated heterocycles. The van der Waals surface area contributed by atoms with Gasteiger partial charge in [0.25, 0.3) is 0 Å². The van der Waals surface area contributed by atoms with Crippen LogP contribution in [-0.4, -0.2) is 16.9 Å². The molecule has 128 valence electrons. The van der Waals surface area contributed by atoms with Gasteiger partial charge >= 0.3 is 0 Å². The highest BCUT2D eigenvalue weighted by molar-refractivity contribution is 7.10. The maximum absolute atomic E-state index is 12.3. The second-order valence-electron chi connectivity index (χ2n) is 5.61. The lowest BCUT2D eigenvalue weighted by molar-refractivity contribution is -0.116. The Kier molecular flexibility index (Phi) is 5.25. The lowest BCUT2D eigenvalue weighted by atomic mass is 10.1. The molecule has 7 heteroatoms. The van der Waals surface area contributed by atoms with Crippen molar-refractivity contribution in [3.8, 4) is 0 Å². The molecule has 0 saturated carbocycles. The van der Waals surface area contributed by atoms with E-state index in [0.29, 0.717) is 12.8 Å². The number of fused-ring (bicyclic) bond motifs is 1. The number of hydrogen-bond donors (Lipinski definition) is 3. The first-order valence-corrected chi connectivity index (χ1v) is 8.75. The molecule has 1 unspecified atom stereocenters. The van der Waals surface area contributed by atoms with Gasteiger partial charge in [-0.25, -0.2) is 4.99 Å². The van der Waals surface area contributed by atoms with E-state index in [2.05, 4.69) is 15.3 Å². The number of nitrogens with one attached hydrogen (secondary N) is 1. The number of aliphatic imine (C=N–C) groups is 1. The van der Waals surface area contributed by atoms with Gasteiger partial charge in [0.05, 0.1) is 6.04 Å². The summed E-state index contributed by atoms with van der Waals surface area (Å²) in [4.78, 5) is 21.6. The van der Waals surface area contributed by atoms with Crippen LogP contribution >= 0.6 is 11.3 Å². The van der Waals surface area contributed by atoms with E-state index in [0.717, 1.165) is 21.3 Å². The number of guanidine groups is 1. The van der Waals surface area contributed by atoms with Crippen molar-refractivity contribution in [2.75, 3.05) is 5.32 Å². The highest BCUT2D eigenvalue weighted by Gasteiger charge is 2.14. The topological polar surface area (TPSA) is 106 Å². The summed E-state index contributed by atoms with van der Waals surface area (Å²) in [5.41, 5.74) is 11.8. The predicted octanol–water partition coefficient (Wildman–Crippen LogP) is 3.03. The number of nitrogens with two attached hydrogens (primary N) is 2. The van der Waals surface area contributed by atoms with Gasteiger partial charge in [-0.2, -0.15) is 0 Å². The van der Waals surface area contributed by atoms with E-state index in [9.17, 15) is 4.79 Å². The first-order chi connectivity index (χ1) is 12.1. The van der Waals surface area contributed by atoms with E-state index in [1.54, 1.807) is 23.7 Å². The van der Waals surface area contributed by atoms with Gasteiger partial charge in [-0.15, -0.1) is 11.3 Å². The number of carbonyl (C=O) groups excluding carboxylic acids is 1. The summed E-state index contributed by atoms with van der Waals surface area (Å²) in [6.45, 7) is 0. The van der Waals surface area contributed by atoms with Crippen LogP contribution in [0.3, 0.4) is 0 Å². The molecule has 0 fully saturated rings. The lowest BCUT2D eigenvalue weighted by Gasteiger charge is -2.11. The number of aromatic nitrogens is 1. The minimum atomic E-state index is -0.196. The van der Waals surface area contributed by atoms with Crippen LogP contribution in [0.4, 0.5) is 5.69 Å². The van der Waals surface area contributed by atoms with Crippen molar-refractivity contribution < 1.29 is 4.79 Å². The Hall–Kier alpha value is -2.93. The lowest BCUT2D eigenvalue weighted by Crippen LogP contribution is -2.24. The molecule has 0 aliphatic heterocycles. The Morgan fingerprint density at radius 2 is 2.12 bits per heavy atom. The fraction of sp³-hybridized carbons (Fsp3) is 0.167. The molecule has 0 spiro atoms. The monoisotopic (exact) mass is 353 g/mol. The van der Waals surface area contributed by atoms with Crippen LogP contribution < -0.4 is 16.8 Å². The Morgan fingerprint density at radius 1 is 1.24 bits per heavy atom. The quantitative estimate of drug-likeness (QED) is 0.468. The van der Waals surface area contributed by atoms with Crippen LogP contribution in [0.15, 0.2) is 59.2 Å². The van der Waals surface area contributed by atoms with Gasteiger partial charge in [0.1, 0.15) is 0 Å². The van der Waals surface area contributed by atoms with Crippen molar-refractivity contribution in [1.82, 2.24) is 4.98 Å². The number of amides is 1. The van der Waals surface area contributed by atoms with Gasteiger partial charge in [0.2, 0.25) is 5.91 Å². The maximum Gasteiger partial charge on any atom is 0.224 e. The minimum absolute atomic E-state index is 0.0296. The zero-order chi connectivity index (χ0) is 17.6. The van der Waals surface area contributed by atoms with Crippen molar-refractivity contribution in [1.29, 1.82) is 0 Å². The maximum atomic E-state index is 12.3. The fourth-order valence-corrected chi connectivity index (χ4v) is 3.38. The van der Waals surface area contributed by atoms with Crippen LogP contribution in [0.25, 0.3) is 10.8 Å². The summed E-state index contributed by atoms with van der Waals surface area (Å²) in [5.74, 6) is -0.0392. The molecular weight excluding hydrogens is 334 g/mol. The molecule has 0 aliphatic rings. The minimum Gasteiger partial charge on any atom is -0.370 e. The Bertz CT molecular complexity index is 887. The number of rotatable bonds is 6.